The average Bonchev–Trinajstić information content (AvgIpc) is 2.18. The summed E-state index contributed by atoms with van der Waals surface area (Å²) in [5, 5.41) is 0.507. The number of hydrogen-bond acceptors (Lipinski definition) is 0. The highest BCUT2D eigenvalue weighted by Gasteiger charge is 2.22. The van der Waals surface area contributed by atoms with Gasteiger partial charge in [-0.15, -0.1) is 0 Å². The van der Waals surface area contributed by atoms with Crippen LogP contribution in [-0.4, -0.2) is 0 Å². The molecule has 0 aliphatic carbocycles. The predicted molar refractivity (Wildman–Crippen MR) is 68.7 cm³/mol. The highest BCUT2D eigenvalue weighted by molar-refractivity contribution is 6.59. The summed E-state index contributed by atoms with van der Waals surface area (Å²) in [5.41, 5.74) is 1.16. The second-order valence-electron chi connectivity index (χ2n) is 4.09. The van der Waals surface area contributed by atoms with E-state index in [0.717, 1.165) is 0 Å². The van der Waals surface area contributed by atoms with Crippen molar-refractivity contribution in [1.82, 2.24) is 0 Å². The minimum atomic E-state index is -0.0621. The van der Waals surface area contributed by atoms with Gasteiger partial charge >= 0.3 is 0 Å². The van der Waals surface area contributed by atoms with Crippen LogP contribution in [0.2, 0.25) is 0 Å². The van der Waals surface area contributed by atoms with E-state index in [1.54, 1.807) is 0 Å². The lowest BCUT2D eigenvalue weighted by Crippen LogP contribution is -2.16. The maximum atomic E-state index is 5.97. The first-order valence-corrected chi connectivity index (χ1v) is 5.82. The van der Waals surface area contributed by atoms with E-state index in [1.807, 2.05) is 18.2 Å². The first-order valence-electron chi connectivity index (χ1n) is 4.68. The van der Waals surface area contributed by atoms with Crippen molar-refractivity contribution in [2.75, 3.05) is 0 Å². The maximum absolute atomic E-state index is 5.97. The Morgan fingerprint density at radius 1 is 1.07 bits per heavy atom. The van der Waals surface area contributed by atoms with Gasteiger partial charge in [0.2, 0.25) is 0 Å². The third-order valence-corrected chi connectivity index (χ3v) is 3.33. The predicted octanol–water partition coefficient (Wildman–Crippen LogP) is 5.24. The summed E-state index contributed by atoms with van der Waals surface area (Å²) in [7, 11) is 0. The van der Waals surface area contributed by atoms with Gasteiger partial charge in [0.25, 0.3) is 0 Å². The van der Waals surface area contributed by atoms with Crippen LogP contribution in [0.5, 0.6) is 0 Å². The van der Waals surface area contributed by atoms with Crippen LogP contribution in [0, 0.1) is 0 Å². The van der Waals surface area contributed by atoms with Crippen LogP contribution in [0.25, 0.3) is 0 Å². The molecule has 0 atom stereocenters. The van der Waals surface area contributed by atoms with Gasteiger partial charge in [-0.2, -0.15) is 0 Å². The zero-order chi connectivity index (χ0) is 11.5. The van der Waals surface area contributed by atoms with Crippen LogP contribution in [0.4, 0.5) is 0 Å². The SMILES string of the molecule is CC(C)(CC(Cl)=C(Cl)Cl)c1ccccc1. The zero-order valence-corrected chi connectivity index (χ0v) is 11.0. The highest BCUT2D eigenvalue weighted by Crippen LogP contribution is 2.34. The third-order valence-electron chi connectivity index (χ3n) is 2.36. The molecule has 0 aliphatic rings. The number of allylic oxidation sites excluding steroid dienone is 1. The summed E-state index contributed by atoms with van der Waals surface area (Å²) in [4.78, 5) is 0. The Kier molecular flexibility index (Phi) is 4.51. The molecule has 1 aromatic rings. The molecule has 0 saturated carbocycles. The molecule has 82 valence electrons. The van der Waals surface area contributed by atoms with Crippen molar-refractivity contribution in [2.24, 2.45) is 0 Å². The van der Waals surface area contributed by atoms with Crippen molar-refractivity contribution < 1.29 is 0 Å². The number of hydrogen-bond donors (Lipinski definition) is 0. The summed E-state index contributed by atoms with van der Waals surface area (Å²) in [6.45, 7) is 4.23. The van der Waals surface area contributed by atoms with Gasteiger partial charge in [-0.1, -0.05) is 79.0 Å². The fourth-order valence-corrected chi connectivity index (χ4v) is 1.91. The fraction of sp³-hybridized carbons (Fsp3) is 0.333. The Morgan fingerprint density at radius 2 is 1.60 bits per heavy atom. The quantitative estimate of drug-likeness (QED) is 0.699. The van der Waals surface area contributed by atoms with Gasteiger partial charge < -0.3 is 0 Å². The number of rotatable bonds is 3. The second-order valence-corrected chi connectivity index (χ2v) is 5.50. The molecule has 1 aromatic carbocycles. The van der Waals surface area contributed by atoms with Gasteiger partial charge in [-0.3, -0.25) is 0 Å². The van der Waals surface area contributed by atoms with Gasteiger partial charge in [-0.05, 0) is 17.4 Å². The Hall–Kier alpha value is -0.170. The van der Waals surface area contributed by atoms with Crippen molar-refractivity contribution in [3.05, 3.63) is 45.4 Å². The first kappa shape index (κ1) is 12.9. The van der Waals surface area contributed by atoms with Gasteiger partial charge in [0.1, 0.15) is 4.49 Å². The topological polar surface area (TPSA) is 0 Å². The van der Waals surface area contributed by atoms with Crippen LogP contribution in [-0.2, 0) is 5.41 Å². The molecule has 15 heavy (non-hydrogen) atoms. The van der Waals surface area contributed by atoms with Crippen LogP contribution in [0.3, 0.4) is 0 Å². The maximum Gasteiger partial charge on any atom is 0.121 e. The Bertz CT molecular complexity index is 348. The normalized spacial score (nSPS) is 11.3. The molecule has 1 rings (SSSR count). The fourth-order valence-electron chi connectivity index (χ4n) is 1.45. The molecule has 0 fully saturated rings. The van der Waals surface area contributed by atoms with E-state index in [4.69, 9.17) is 34.8 Å². The van der Waals surface area contributed by atoms with Crippen molar-refractivity contribution in [2.45, 2.75) is 25.7 Å². The van der Waals surface area contributed by atoms with Crippen molar-refractivity contribution >= 4 is 34.8 Å². The molecule has 0 nitrogen and oxygen atoms in total. The van der Waals surface area contributed by atoms with Gasteiger partial charge in [-0.25, -0.2) is 0 Å². The summed E-state index contributed by atoms with van der Waals surface area (Å²) >= 11 is 17.2. The molecule has 0 radical (unpaired) electrons. The average molecular weight is 264 g/mol. The molecule has 3 heteroatoms. The van der Waals surface area contributed by atoms with Gasteiger partial charge in [0.05, 0.1) is 0 Å². The Labute approximate surface area is 106 Å². The summed E-state index contributed by atoms with van der Waals surface area (Å²) < 4.78 is 0.153. The van der Waals surface area contributed by atoms with Crippen molar-refractivity contribution in [3.63, 3.8) is 0 Å². The van der Waals surface area contributed by atoms with E-state index in [1.165, 1.54) is 5.56 Å². The molecule has 0 N–H and O–H groups in total. The van der Waals surface area contributed by atoms with E-state index in [0.29, 0.717) is 11.5 Å². The molecular weight excluding hydrogens is 250 g/mol. The van der Waals surface area contributed by atoms with E-state index in [2.05, 4.69) is 26.0 Å². The van der Waals surface area contributed by atoms with Gasteiger partial charge in [0.15, 0.2) is 0 Å². The monoisotopic (exact) mass is 262 g/mol. The Balaban J connectivity index is 2.90. The second kappa shape index (κ2) is 5.25. The highest BCUT2D eigenvalue weighted by atomic mass is 35.5. The lowest BCUT2D eigenvalue weighted by molar-refractivity contribution is 0.529. The largest absolute Gasteiger partial charge is 0.121 e. The third kappa shape index (κ3) is 3.71. The minimum Gasteiger partial charge on any atom is -0.0865 e. The lowest BCUT2D eigenvalue weighted by Gasteiger charge is -2.24. The summed E-state index contributed by atoms with van der Waals surface area (Å²) in [5.74, 6) is 0. The first-order chi connectivity index (χ1) is 6.93. The van der Waals surface area contributed by atoms with E-state index >= 15 is 0 Å². The van der Waals surface area contributed by atoms with Crippen molar-refractivity contribution in [3.8, 4) is 0 Å². The molecule has 0 spiro atoms. The molecule has 0 unspecified atom stereocenters. The summed E-state index contributed by atoms with van der Waals surface area (Å²) in [6, 6.07) is 10.2. The standard InChI is InChI=1S/C12H13Cl3/c1-12(2,8-10(13)11(14)15)9-6-4-3-5-7-9/h3-7H,8H2,1-2H3. The molecule has 0 aromatic heterocycles. The molecule has 0 amide bonds. The van der Waals surface area contributed by atoms with E-state index in [9.17, 15) is 0 Å². The molecular formula is C12H13Cl3. The minimum absolute atomic E-state index is 0.0621. The van der Waals surface area contributed by atoms with Gasteiger partial charge in [0, 0.05) is 5.03 Å². The molecule has 0 bridgehead atoms. The smallest absolute Gasteiger partial charge is 0.0865 e. The van der Waals surface area contributed by atoms with E-state index < -0.39 is 0 Å². The van der Waals surface area contributed by atoms with Crippen LogP contribution in [0.15, 0.2) is 39.9 Å². The van der Waals surface area contributed by atoms with Crippen LogP contribution in [0.1, 0.15) is 25.8 Å². The zero-order valence-electron chi connectivity index (χ0n) is 8.73. The molecule has 0 saturated heterocycles. The van der Waals surface area contributed by atoms with Crippen LogP contribution >= 0.6 is 34.8 Å². The van der Waals surface area contributed by atoms with Crippen LogP contribution < -0.4 is 0 Å². The number of benzene rings is 1. The number of halogens is 3. The van der Waals surface area contributed by atoms with Crippen molar-refractivity contribution in [1.29, 1.82) is 0 Å². The lowest BCUT2D eigenvalue weighted by atomic mass is 9.82. The molecule has 0 heterocycles. The summed E-state index contributed by atoms with van der Waals surface area (Å²) in [6.07, 6.45) is 0.640. The van der Waals surface area contributed by atoms with E-state index in [-0.39, 0.29) is 9.91 Å². The Morgan fingerprint density at radius 3 is 2.07 bits per heavy atom. The molecule has 0 aliphatic heterocycles.